The molecule has 0 spiro atoms. The largest absolute Gasteiger partial charge is 0.376 e. The third-order valence-corrected chi connectivity index (χ3v) is 3.03. The van der Waals surface area contributed by atoms with Gasteiger partial charge in [0.25, 0.3) is 5.91 Å². The van der Waals surface area contributed by atoms with E-state index in [1.165, 1.54) is 4.90 Å². The minimum atomic E-state index is -0.0502. The van der Waals surface area contributed by atoms with Crippen LogP contribution >= 0.6 is 0 Å². The van der Waals surface area contributed by atoms with Gasteiger partial charge >= 0.3 is 0 Å². The second-order valence-electron chi connectivity index (χ2n) is 5.01. The van der Waals surface area contributed by atoms with Gasteiger partial charge in [-0.2, -0.15) is 0 Å². The van der Waals surface area contributed by atoms with Crippen LogP contribution in [0.5, 0.6) is 0 Å². The molecule has 0 aliphatic heterocycles. The van der Waals surface area contributed by atoms with Gasteiger partial charge in [0.15, 0.2) is 0 Å². The highest BCUT2D eigenvalue weighted by Gasteiger charge is 2.11. The zero-order chi connectivity index (χ0) is 16.5. The normalized spacial score (nSPS) is 9.73. The Balaban J connectivity index is 2.60. The van der Waals surface area contributed by atoms with E-state index >= 15 is 0 Å². The van der Waals surface area contributed by atoms with E-state index in [9.17, 15) is 9.59 Å². The predicted molar refractivity (Wildman–Crippen MR) is 89.9 cm³/mol. The molecule has 1 aromatic carbocycles. The van der Waals surface area contributed by atoms with Crippen LogP contribution in [0.4, 0.5) is 5.69 Å². The first-order chi connectivity index (χ1) is 10.5. The average Bonchev–Trinajstić information content (AvgIpc) is 2.52. The highest BCUT2D eigenvalue weighted by molar-refractivity contribution is 5.94. The second kappa shape index (κ2) is 8.67. The number of nitrogens with zero attached hydrogens (tertiary/aromatic N) is 2. The van der Waals surface area contributed by atoms with Crippen molar-refractivity contribution in [3.63, 3.8) is 0 Å². The van der Waals surface area contributed by atoms with E-state index in [1.807, 2.05) is 0 Å². The van der Waals surface area contributed by atoms with Gasteiger partial charge in [0.1, 0.15) is 0 Å². The van der Waals surface area contributed by atoms with Crippen molar-refractivity contribution in [3.05, 3.63) is 55.1 Å². The lowest BCUT2D eigenvalue weighted by molar-refractivity contribution is -0.128. The van der Waals surface area contributed by atoms with Crippen molar-refractivity contribution in [1.82, 2.24) is 9.80 Å². The van der Waals surface area contributed by atoms with Crippen molar-refractivity contribution in [3.8, 4) is 0 Å². The molecular weight excluding hydrogens is 278 g/mol. The van der Waals surface area contributed by atoms with Crippen molar-refractivity contribution in [2.24, 2.45) is 0 Å². The van der Waals surface area contributed by atoms with Gasteiger partial charge in [-0.15, -0.1) is 13.2 Å². The Morgan fingerprint density at radius 1 is 1.09 bits per heavy atom. The molecule has 2 amide bonds. The van der Waals surface area contributed by atoms with Crippen LogP contribution in [0.1, 0.15) is 10.4 Å². The number of anilines is 1. The molecule has 0 aliphatic carbocycles. The number of hydrogen-bond acceptors (Lipinski definition) is 3. The van der Waals surface area contributed by atoms with Crippen LogP contribution in [0.15, 0.2) is 49.6 Å². The van der Waals surface area contributed by atoms with Crippen molar-refractivity contribution >= 4 is 17.5 Å². The van der Waals surface area contributed by atoms with Gasteiger partial charge in [-0.25, -0.2) is 0 Å². The summed E-state index contributed by atoms with van der Waals surface area (Å²) in [5, 5.41) is 3.05. The topological polar surface area (TPSA) is 52.7 Å². The predicted octanol–water partition coefficient (Wildman–Crippen LogP) is 2.00. The van der Waals surface area contributed by atoms with Crippen LogP contribution < -0.4 is 5.32 Å². The molecule has 0 unspecified atom stereocenters. The lowest BCUT2D eigenvalue weighted by Gasteiger charge is -2.19. The van der Waals surface area contributed by atoms with E-state index in [4.69, 9.17) is 0 Å². The minimum absolute atomic E-state index is 0.0340. The summed E-state index contributed by atoms with van der Waals surface area (Å²) in [4.78, 5) is 27.0. The molecule has 0 atom stereocenters. The number of amides is 2. The first kappa shape index (κ1) is 17.5. The maximum absolute atomic E-state index is 12.1. The quantitative estimate of drug-likeness (QED) is 0.747. The van der Waals surface area contributed by atoms with Crippen LogP contribution in [0.3, 0.4) is 0 Å². The van der Waals surface area contributed by atoms with E-state index in [0.29, 0.717) is 18.7 Å². The van der Waals surface area contributed by atoms with Crippen LogP contribution in [-0.4, -0.2) is 55.3 Å². The summed E-state index contributed by atoms with van der Waals surface area (Å²) in [6, 6.07) is 7.05. The molecule has 0 heterocycles. The summed E-state index contributed by atoms with van der Waals surface area (Å²) in [5.41, 5.74) is 1.41. The Hall–Kier alpha value is -2.56. The smallest absolute Gasteiger partial charge is 0.253 e. The standard InChI is InChI=1S/C17H23N3O2/c1-5-11-20(12-6-2)16(21)13-18-15-9-7-14(8-10-15)17(22)19(3)4/h5-10,18H,1-2,11-13H2,3-4H3. The summed E-state index contributed by atoms with van der Waals surface area (Å²) < 4.78 is 0. The number of nitrogens with one attached hydrogen (secondary N) is 1. The van der Waals surface area contributed by atoms with Crippen molar-refractivity contribution < 1.29 is 9.59 Å². The number of rotatable bonds is 8. The van der Waals surface area contributed by atoms with Gasteiger partial charge in [-0.3, -0.25) is 9.59 Å². The van der Waals surface area contributed by atoms with E-state index in [2.05, 4.69) is 18.5 Å². The molecule has 1 aromatic rings. The Morgan fingerprint density at radius 3 is 2.09 bits per heavy atom. The van der Waals surface area contributed by atoms with Crippen molar-refractivity contribution in [1.29, 1.82) is 0 Å². The Kier molecular flexibility index (Phi) is 6.89. The lowest BCUT2D eigenvalue weighted by atomic mass is 10.2. The SMILES string of the molecule is C=CCN(CC=C)C(=O)CNc1ccc(C(=O)N(C)C)cc1. The molecule has 22 heavy (non-hydrogen) atoms. The van der Waals surface area contributed by atoms with Gasteiger partial charge in [0.05, 0.1) is 6.54 Å². The zero-order valence-electron chi connectivity index (χ0n) is 13.2. The Labute approximate surface area is 131 Å². The van der Waals surface area contributed by atoms with Crippen LogP contribution in [0.25, 0.3) is 0 Å². The molecule has 0 saturated carbocycles. The minimum Gasteiger partial charge on any atom is -0.376 e. The monoisotopic (exact) mass is 301 g/mol. The molecule has 118 valence electrons. The molecule has 1 N–H and O–H groups in total. The number of carbonyl (C=O) groups excluding carboxylic acids is 2. The summed E-state index contributed by atoms with van der Waals surface area (Å²) >= 11 is 0. The van der Waals surface area contributed by atoms with Crippen molar-refractivity contribution in [2.45, 2.75) is 0 Å². The molecular formula is C17H23N3O2. The highest BCUT2D eigenvalue weighted by atomic mass is 16.2. The molecule has 0 fully saturated rings. The van der Waals surface area contributed by atoms with Gasteiger partial charge < -0.3 is 15.1 Å². The van der Waals surface area contributed by atoms with Crippen molar-refractivity contribution in [2.75, 3.05) is 39.0 Å². The van der Waals surface area contributed by atoms with Gasteiger partial charge in [0.2, 0.25) is 5.91 Å². The Morgan fingerprint density at radius 2 is 1.64 bits per heavy atom. The van der Waals surface area contributed by atoms with E-state index in [1.54, 1.807) is 55.4 Å². The van der Waals surface area contributed by atoms with Crippen LogP contribution in [0, 0.1) is 0 Å². The lowest BCUT2D eigenvalue weighted by Crippen LogP contribution is -2.35. The number of hydrogen-bond donors (Lipinski definition) is 1. The van der Waals surface area contributed by atoms with E-state index < -0.39 is 0 Å². The first-order valence-electron chi connectivity index (χ1n) is 7.04. The average molecular weight is 301 g/mol. The third-order valence-electron chi connectivity index (χ3n) is 3.03. The molecule has 5 nitrogen and oxygen atoms in total. The fourth-order valence-corrected chi connectivity index (χ4v) is 1.87. The third kappa shape index (κ3) is 5.09. The molecule has 5 heteroatoms. The molecule has 0 bridgehead atoms. The molecule has 0 radical (unpaired) electrons. The maximum Gasteiger partial charge on any atom is 0.253 e. The summed E-state index contributed by atoms with van der Waals surface area (Å²) in [5.74, 6) is -0.0842. The maximum atomic E-state index is 12.1. The number of benzene rings is 1. The zero-order valence-corrected chi connectivity index (χ0v) is 13.2. The summed E-state index contributed by atoms with van der Waals surface area (Å²) in [6.07, 6.45) is 3.37. The first-order valence-corrected chi connectivity index (χ1v) is 7.04. The fraction of sp³-hybridized carbons (Fsp3) is 0.294. The summed E-state index contributed by atoms with van der Waals surface area (Å²) in [6.45, 7) is 8.44. The fourth-order valence-electron chi connectivity index (χ4n) is 1.87. The highest BCUT2D eigenvalue weighted by Crippen LogP contribution is 2.10. The number of carbonyl (C=O) groups is 2. The molecule has 0 aromatic heterocycles. The van der Waals surface area contributed by atoms with Gasteiger partial charge in [-0.1, -0.05) is 12.2 Å². The summed E-state index contributed by atoms with van der Waals surface area (Å²) in [7, 11) is 3.42. The van der Waals surface area contributed by atoms with Gasteiger partial charge in [-0.05, 0) is 24.3 Å². The molecule has 0 saturated heterocycles. The van der Waals surface area contributed by atoms with Crippen LogP contribution in [-0.2, 0) is 4.79 Å². The second-order valence-corrected chi connectivity index (χ2v) is 5.01. The molecule has 0 aliphatic rings. The molecule has 1 rings (SSSR count). The van der Waals surface area contributed by atoms with E-state index in [0.717, 1.165) is 5.69 Å². The van der Waals surface area contributed by atoms with Gasteiger partial charge in [0, 0.05) is 38.4 Å². The van der Waals surface area contributed by atoms with Crippen LogP contribution in [0.2, 0.25) is 0 Å². The van der Waals surface area contributed by atoms with E-state index in [-0.39, 0.29) is 18.4 Å². The Bertz CT molecular complexity index is 525.